The molecule has 0 spiro atoms. The molecule has 1 aromatic rings. The monoisotopic (exact) mass is 442 g/mol. The summed E-state index contributed by atoms with van der Waals surface area (Å²) in [6.07, 6.45) is 0.0654. The number of methoxy groups -OCH3 is 1. The molecule has 1 N–H and O–H groups in total. The number of amides is 2. The molecule has 154 valence electrons. The van der Waals surface area contributed by atoms with Gasteiger partial charge < -0.3 is 24.7 Å². The topological polar surface area (TPSA) is 125 Å². The van der Waals surface area contributed by atoms with Crippen LogP contribution in [0.3, 0.4) is 0 Å². The number of nitrogens with one attached hydrogen (secondary N) is 1. The average molecular weight is 442 g/mol. The molecule has 30 heavy (non-hydrogen) atoms. The van der Waals surface area contributed by atoms with Crippen molar-refractivity contribution in [2.24, 2.45) is 0 Å². The Hall–Kier alpha value is -1.85. The van der Waals surface area contributed by atoms with Crippen molar-refractivity contribution in [3.05, 3.63) is 47.2 Å². The Morgan fingerprint density at radius 1 is 1.30 bits per heavy atom. The largest absolute Gasteiger partial charge is 1.00 e. The number of carbonyl (C=O) groups excluding carboxylic acids is 4. The van der Waals surface area contributed by atoms with E-state index >= 15 is 0 Å². The first-order valence-corrected chi connectivity index (χ1v) is 9.72. The van der Waals surface area contributed by atoms with Gasteiger partial charge >= 0.3 is 35.5 Å². The van der Waals surface area contributed by atoms with Crippen LogP contribution in [0.5, 0.6) is 0 Å². The van der Waals surface area contributed by atoms with Gasteiger partial charge in [0.1, 0.15) is 6.61 Å². The van der Waals surface area contributed by atoms with Gasteiger partial charge in [0, 0.05) is 25.4 Å². The number of aliphatic carboxylic acids is 1. The third kappa shape index (κ3) is 4.57. The van der Waals surface area contributed by atoms with Crippen LogP contribution in [0.25, 0.3) is 0 Å². The zero-order chi connectivity index (χ0) is 21.2. The molecule has 0 saturated carbocycles. The number of hydrogen-bond donors (Lipinski definition) is 1. The number of β-lactam (4-membered cyclic amide) rings is 1. The molecule has 11 heteroatoms. The maximum absolute atomic E-state index is 12.7. The number of carboxylic acid groups (broad SMARTS) is 1. The van der Waals surface area contributed by atoms with Crippen LogP contribution in [0.15, 0.2) is 41.6 Å². The van der Waals surface area contributed by atoms with Crippen molar-refractivity contribution < 1.29 is 63.3 Å². The number of thioether (sulfide) groups is 1. The summed E-state index contributed by atoms with van der Waals surface area (Å²) >= 11 is 1.13. The van der Waals surface area contributed by atoms with Crippen molar-refractivity contribution in [1.82, 2.24) is 10.2 Å². The van der Waals surface area contributed by atoms with Crippen molar-refractivity contribution >= 4 is 35.5 Å². The summed E-state index contributed by atoms with van der Waals surface area (Å²) in [6.45, 7) is 0.919. The summed E-state index contributed by atoms with van der Waals surface area (Å²) < 4.78 is 10.4. The van der Waals surface area contributed by atoms with E-state index in [1.165, 1.54) is 14.0 Å². The fraction of sp³-hybridized carbons (Fsp3) is 0.368. The fourth-order valence-electron chi connectivity index (χ4n) is 3.28. The minimum Gasteiger partial charge on any atom is -0.543 e. The van der Waals surface area contributed by atoms with E-state index < -0.39 is 40.5 Å². The van der Waals surface area contributed by atoms with E-state index in [1.807, 2.05) is 6.07 Å². The molecule has 9 nitrogen and oxygen atoms in total. The van der Waals surface area contributed by atoms with E-state index in [1.54, 1.807) is 24.3 Å². The predicted octanol–water partition coefficient (Wildman–Crippen LogP) is -3.83. The number of ether oxygens (including phenoxy) is 2. The Bertz CT molecular complexity index is 892. The van der Waals surface area contributed by atoms with Gasteiger partial charge in [-0.3, -0.25) is 19.3 Å². The second-order valence-electron chi connectivity index (χ2n) is 6.48. The molecule has 1 fully saturated rings. The maximum Gasteiger partial charge on any atom is 1.00 e. The van der Waals surface area contributed by atoms with Gasteiger partial charge in [-0.2, -0.15) is 0 Å². The molecule has 1 unspecified atom stereocenters. The summed E-state index contributed by atoms with van der Waals surface area (Å²) in [4.78, 5) is 48.9. The molecule has 0 aromatic heterocycles. The molecule has 0 bridgehead atoms. The number of carbonyl (C=O) groups is 4. The number of fused-ring (bicyclic) bond motifs is 1. The normalized spacial score (nSPS) is 22.4. The quantitative estimate of drug-likeness (QED) is 0.259. The second kappa shape index (κ2) is 9.97. The molecule has 2 heterocycles. The number of carboxylic acids is 1. The fourth-order valence-corrected chi connectivity index (χ4v) is 4.64. The van der Waals surface area contributed by atoms with Crippen LogP contribution in [0, 0.1) is 0 Å². The Labute approximate surface area is 199 Å². The molecule has 3 rings (SSSR count). The number of esters is 1. The van der Waals surface area contributed by atoms with Crippen molar-refractivity contribution in [2.45, 2.75) is 24.4 Å². The van der Waals surface area contributed by atoms with Crippen LogP contribution in [0.1, 0.15) is 12.5 Å². The molecular formula is C19H19N2NaO7S. The van der Waals surface area contributed by atoms with Gasteiger partial charge in [-0.15, -0.1) is 0 Å². The Morgan fingerprint density at radius 2 is 1.97 bits per heavy atom. The second-order valence-corrected chi connectivity index (χ2v) is 7.64. The van der Waals surface area contributed by atoms with E-state index in [0.29, 0.717) is 0 Å². The Balaban J connectivity index is 0.00000320. The van der Waals surface area contributed by atoms with E-state index in [2.05, 4.69) is 5.32 Å². The zero-order valence-corrected chi connectivity index (χ0v) is 19.6. The minimum atomic E-state index is -1.59. The molecule has 0 aliphatic carbocycles. The van der Waals surface area contributed by atoms with Crippen LogP contribution in [0.4, 0.5) is 0 Å². The summed E-state index contributed by atoms with van der Waals surface area (Å²) in [7, 11) is 1.33. The van der Waals surface area contributed by atoms with Crippen LogP contribution in [-0.2, 0) is 35.1 Å². The number of hydrogen-bond acceptors (Lipinski definition) is 8. The van der Waals surface area contributed by atoms with Gasteiger partial charge in [0.15, 0.2) is 6.04 Å². The van der Waals surface area contributed by atoms with Gasteiger partial charge in [-0.25, -0.2) is 0 Å². The first-order valence-electron chi connectivity index (χ1n) is 8.73. The zero-order valence-electron chi connectivity index (χ0n) is 16.8. The summed E-state index contributed by atoms with van der Waals surface area (Å²) in [5, 5.41) is 12.9. The van der Waals surface area contributed by atoms with Crippen molar-refractivity contribution in [3.8, 4) is 0 Å². The minimum absolute atomic E-state index is 0. The molecule has 2 amide bonds. The SMILES string of the molecule is CO[C@]12SCC(COC(C)=O)=C(C(=O)[O-])N1C(=O)C2NC(=O)Cc1ccccc1.[Na+]. The Morgan fingerprint density at radius 3 is 2.53 bits per heavy atom. The molecule has 2 aliphatic heterocycles. The molecule has 2 atom stereocenters. The first kappa shape index (κ1) is 24.4. The van der Waals surface area contributed by atoms with Crippen LogP contribution < -0.4 is 40.0 Å². The average Bonchev–Trinajstić information content (AvgIpc) is 2.69. The van der Waals surface area contributed by atoms with Crippen LogP contribution in [-0.4, -0.2) is 59.2 Å². The molecular weight excluding hydrogens is 423 g/mol. The van der Waals surface area contributed by atoms with E-state index in [4.69, 9.17) is 9.47 Å². The van der Waals surface area contributed by atoms with Gasteiger partial charge in [-0.1, -0.05) is 42.1 Å². The van der Waals surface area contributed by atoms with E-state index in [9.17, 15) is 24.3 Å². The molecule has 2 aliphatic rings. The Kier molecular flexibility index (Phi) is 8.12. The number of nitrogens with zero attached hydrogens (tertiary/aromatic N) is 1. The third-order valence-electron chi connectivity index (χ3n) is 4.60. The molecule has 1 aromatic carbocycles. The summed E-state index contributed by atoms with van der Waals surface area (Å²) in [6, 6.07) is 7.94. The first-order chi connectivity index (χ1) is 13.8. The molecule has 0 radical (unpaired) electrons. The van der Waals surface area contributed by atoms with E-state index in [0.717, 1.165) is 22.2 Å². The summed E-state index contributed by atoms with van der Waals surface area (Å²) in [5.41, 5.74) is 0.598. The van der Waals surface area contributed by atoms with Gasteiger partial charge in [-0.05, 0) is 5.56 Å². The molecule has 1 saturated heterocycles. The third-order valence-corrected chi connectivity index (χ3v) is 6.10. The predicted molar refractivity (Wildman–Crippen MR) is 99.8 cm³/mol. The number of rotatable bonds is 7. The van der Waals surface area contributed by atoms with Crippen molar-refractivity contribution in [2.75, 3.05) is 19.5 Å². The standard InChI is InChI=1S/C19H20N2O7S.Na/c1-11(22)28-9-13-10-29-19(27-2)16(17(24)21(19)15(13)18(25)26)20-14(23)8-12-6-4-3-5-7-12;/h3-7,16H,8-10H2,1-2H3,(H,20,23)(H,25,26);/q;+1/p-1/t16?,19-;/m1./s1. The van der Waals surface area contributed by atoms with Crippen molar-refractivity contribution in [3.63, 3.8) is 0 Å². The maximum atomic E-state index is 12.7. The van der Waals surface area contributed by atoms with Crippen LogP contribution in [0.2, 0.25) is 0 Å². The van der Waals surface area contributed by atoms with Crippen molar-refractivity contribution in [1.29, 1.82) is 0 Å². The van der Waals surface area contributed by atoms with Gasteiger partial charge in [0.05, 0.1) is 18.1 Å². The number of benzene rings is 1. The smallest absolute Gasteiger partial charge is 0.543 e. The van der Waals surface area contributed by atoms with Gasteiger partial charge in [0.2, 0.25) is 11.0 Å². The summed E-state index contributed by atoms with van der Waals surface area (Å²) in [5.74, 6) is -3.07. The van der Waals surface area contributed by atoms with Crippen LogP contribution >= 0.6 is 11.8 Å². The van der Waals surface area contributed by atoms with E-state index in [-0.39, 0.29) is 53.9 Å². The van der Waals surface area contributed by atoms with Gasteiger partial charge in [0.25, 0.3) is 5.91 Å².